The summed E-state index contributed by atoms with van der Waals surface area (Å²) in [5.41, 5.74) is 5.72. The van der Waals surface area contributed by atoms with E-state index < -0.39 is 10.0 Å². The van der Waals surface area contributed by atoms with Crippen molar-refractivity contribution in [1.29, 1.82) is 0 Å². The number of sulfonamides is 1. The van der Waals surface area contributed by atoms with Crippen molar-refractivity contribution in [3.05, 3.63) is 27.7 Å². The molecule has 1 aliphatic heterocycles. The van der Waals surface area contributed by atoms with Gasteiger partial charge in [-0.15, -0.1) is 0 Å². The van der Waals surface area contributed by atoms with E-state index >= 15 is 0 Å². The second kappa shape index (κ2) is 4.85. The van der Waals surface area contributed by atoms with Crippen LogP contribution in [0.3, 0.4) is 0 Å². The Bertz CT molecular complexity index is 535. The monoisotopic (exact) mass is 338 g/mol. The Kier molecular flexibility index (Phi) is 3.80. The smallest absolute Gasteiger partial charge is 0.243 e. The molecule has 1 fully saturated rings. The van der Waals surface area contributed by atoms with Crippen molar-refractivity contribution in [2.24, 2.45) is 5.73 Å². The van der Waals surface area contributed by atoms with Crippen LogP contribution in [0, 0.1) is 0 Å². The van der Waals surface area contributed by atoms with Crippen molar-refractivity contribution >= 4 is 37.6 Å². The Morgan fingerprint density at radius 3 is 2.71 bits per heavy atom. The lowest BCUT2D eigenvalue weighted by atomic mass is 10.3. The molecule has 2 rings (SSSR count). The number of hydrogen-bond donors (Lipinski definition) is 1. The zero-order valence-electron chi connectivity index (χ0n) is 8.94. The summed E-state index contributed by atoms with van der Waals surface area (Å²) >= 11 is 9.06. The molecule has 2 N–H and O–H groups in total. The highest BCUT2D eigenvalue weighted by Gasteiger charge is 2.31. The summed E-state index contributed by atoms with van der Waals surface area (Å²) in [4.78, 5) is 0.239. The predicted octanol–water partition coefficient (Wildman–Crippen LogP) is 1.82. The third kappa shape index (κ3) is 2.66. The van der Waals surface area contributed by atoms with Gasteiger partial charge in [0.15, 0.2) is 0 Å². The highest BCUT2D eigenvalue weighted by Crippen LogP contribution is 2.28. The van der Waals surface area contributed by atoms with Gasteiger partial charge < -0.3 is 5.73 Å². The maximum atomic E-state index is 12.2. The van der Waals surface area contributed by atoms with E-state index in [2.05, 4.69) is 15.9 Å². The maximum Gasteiger partial charge on any atom is 0.243 e. The van der Waals surface area contributed by atoms with Crippen LogP contribution in [0.2, 0.25) is 5.02 Å². The summed E-state index contributed by atoms with van der Waals surface area (Å²) in [5, 5.41) is 0.488. The summed E-state index contributed by atoms with van der Waals surface area (Å²) < 4.78 is 26.5. The lowest BCUT2D eigenvalue weighted by Gasteiger charge is -2.16. The summed E-state index contributed by atoms with van der Waals surface area (Å²) in [6.07, 6.45) is 0.702. The van der Waals surface area contributed by atoms with Crippen LogP contribution in [0.25, 0.3) is 0 Å². The topological polar surface area (TPSA) is 63.4 Å². The molecule has 1 aliphatic rings. The Balaban J connectivity index is 2.35. The van der Waals surface area contributed by atoms with Gasteiger partial charge in [-0.1, -0.05) is 11.6 Å². The molecule has 1 aromatic carbocycles. The molecule has 4 nitrogen and oxygen atoms in total. The standard InChI is InChI=1S/C10H12BrClN2O2S/c11-9-5-8(1-2-10(9)12)17(15,16)14-4-3-7(13)6-14/h1-2,5,7H,3-4,6,13H2/t7-/m1/s1. The summed E-state index contributed by atoms with van der Waals surface area (Å²) in [6, 6.07) is 4.52. The fourth-order valence-electron chi connectivity index (χ4n) is 1.76. The molecule has 0 bridgehead atoms. The van der Waals surface area contributed by atoms with Crippen molar-refractivity contribution in [3.63, 3.8) is 0 Å². The van der Waals surface area contributed by atoms with Gasteiger partial charge in [0.1, 0.15) is 0 Å². The Labute approximate surface area is 114 Å². The highest BCUT2D eigenvalue weighted by molar-refractivity contribution is 9.10. The maximum absolute atomic E-state index is 12.2. The van der Waals surface area contributed by atoms with Crippen LogP contribution in [0.1, 0.15) is 6.42 Å². The van der Waals surface area contributed by atoms with Crippen molar-refractivity contribution in [2.75, 3.05) is 13.1 Å². The van der Waals surface area contributed by atoms with Crippen LogP contribution >= 0.6 is 27.5 Å². The van der Waals surface area contributed by atoms with E-state index in [1.54, 1.807) is 6.07 Å². The second-order valence-electron chi connectivity index (χ2n) is 3.99. The van der Waals surface area contributed by atoms with Gasteiger partial charge in [-0.05, 0) is 40.5 Å². The van der Waals surface area contributed by atoms with Crippen LogP contribution in [0.15, 0.2) is 27.6 Å². The molecular weight excluding hydrogens is 328 g/mol. The lowest BCUT2D eigenvalue weighted by Crippen LogP contribution is -2.31. The molecule has 1 atom stereocenters. The number of rotatable bonds is 2. The van der Waals surface area contributed by atoms with E-state index in [1.807, 2.05) is 0 Å². The van der Waals surface area contributed by atoms with Gasteiger partial charge in [-0.3, -0.25) is 0 Å². The second-order valence-corrected chi connectivity index (χ2v) is 7.19. The van der Waals surface area contributed by atoms with Gasteiger partial charge in [-0.25, -0.2) is 8.42 Å². The molecule has 0 radical (unpaired) electrons. The van der Waals surface area contributed by atoms with Crippen molar-refractivity contribution in [1.82, 2.24) is 4.31 Å². The average molecular weight is 340 g/mol. The first-order valence-electron chi connectivity index (χ1n) is 5.12. The SMILES string of the molecule is N[C@@H]1CCN(S(=O)(=O)c2ccc(Cl)c(Br)c2)C1. The third-order valence-corrected chi connectivity index (χ3v) is 5.79. The minimum absolute atomic E-state index is 0.0690. The zero-order valence-corrected chi connectivity index (χ0v) is 12.1. The van der Waals surface area contributed by atoms with E-state index in [-0.39, 0.29) is 10.9 Å². The van der Waals surface area contributed by atoms with Crippen molar-refractivity contribution in [2.45, 2.75) is 17.4 Å². The zero-order chi connectivity index (χ0) is 12.6. The molecule has 1 heterocycles. The van der Waals surface area contributed by atoms with Gasteiger partial charge in [0.25, 0.3) is 0 Å². The van der Waals surface area contributed by atoms with Gasteiger partial charge in [-0.2, -0.15) is 4.31 Å². The van der Waals surface area contributed by atoms with Gasteiger partial charge >= 0.3 is 0 Å². The molecule has 7 heteroatoms. The lowest BCUT2D eigenvalue weighted by molar-refractivity contribution is 0.472. The third-order valence-electron chi connectivity index (χ3n) is 2.72. The predicted molar refractivity (Wildman–Crippen MR) is 70.5 cm³/mol. The minimum atomic E-state index is -3.45. The fraction of sp³-hybridized carbons (Fsp3) is 0.400. The summed E-state index contributed by atoms with van der Waals surface area (Å²) in [5.74, 6) is 0. The molecule has 94 valence electrons. The van der Waals surface area contributed by atoms with E-state index in [0.717, 1.165) is 0 Å². The molecule has 0 amide bonds. The van der Waals surface area contributed by atoms with Gasteiger partial charge in [0, 0.05) is 23.6 Å². The molecule has 1 aromatic rings. The Hall–Kier alpha value is -0.140. The van der Waals surface area contributed by atoms with Crippen LogP contribution < -0.4 is 5.73 Å². The first kappa shape index (κ1) is 13.3. The summed E-state index contributed by atoms with van der Waals surface area (Å²) in [7, 11) is -3.45. The molecule has 0 aromatic heterocycles. The largest absolute Gasteiger partial charge is 0.326 e. The fourth-order valence-corrected chi connectivity index (χ4v) is 3.94. The van der Waals surface area contributed by atoms with Crippen LogP contribution in [-0.2, 0) is 10.0 Å². The molecule has 0 aliphatic carbocycles. The Morgan fingerprint density at radius 2 is 2.18 bits per heavy atom. The summed E-state index contributed by atoms with van der Waals surface area (Å²) in [6.45, 7) is 0.853. The minimum Gasteiger partial charge on any atom is -0.326 e. The first-order valence-corrected chi connectivity index (χ1v) is 7.73. The first-order chi connectivity index (χ1) is 7.91. The van der Waals surface area contributed by atoms with Gasteiger partial charge in [0.05, 0.1) is 9.92 Å². The van der Waals surface area contributed by atoms with E-state index in [4.69, 9.17) is 17.3 Å². The number of nitrogens with zero attached hydrogens (tertiary/aromatic N) is 1. The quantitative estimate of drug-likeness (QED) is 0.894. The molecule has 0 spiro atoms. The Morgan fingerprint density at radius 1 is 1.47 bits per heavy atom. The highest BCUT2D eigenvalue weighted by atomic mass is 79.9. The average Bonchev–Trinajstić information content (AvgIpc) is 2.69. The van der Waals surface area contributed by atoms with Crippen LogP contribution in [0.5, 0.6) is 0 Å². The van der Waals surface area contributed by atoms with Gasteiger partial charge in [0.2, 0.25) is 10.0 Å². The molecular formula is C10H12BrClN2O2S. The van der Waals surface area contributed by atoms with Crippen LogP contribution in [0.4, 0.5) is 0 Å². The number of halogens is 2. The van der Waals surface area contributed by atoms with Crippen molar-refractivity contribution < 1.29 is 8.42 Å². The molecule has 0 saturated carbocycles. The van der Waals surface area contributed by atoms with E-state index in [0.29, 0.717) is 29.0 Å². The van der Waals surface area contributed by atoms with E-state index in [1.165, 1.54) is 16.4 Å². The number of hydrogen-bond acceptors (Lipinski definition) is 3. The molecule has 17 heavy (non-hydrogen) atoms. The normalized spacial score (nSPS) is 21.9. The molecule has 0 unspecified atom stereocenters. The molecule has 1 saturated heterocycles. The van der Waals surface area contributed by atoms with E-state index in [9.17, 15) is 8.42 Å². The number of nitrogens with two attached hydrogens (primary N) is 1. The number of benzene rings is 1. The van der Waals surface area contributed by atoms with Crippen LogP contribution in [-0.4, -0.2) is 31.9 Å². The van der Waals surface area contributed by atoms with Crippen molar-refractivity contribution in [3.8, 4) is 0 Å².